The number of nitrogens with zero attached hydrogens (tertiary/aromatic N) is 1. The topological polar surface area (TPSA) is 146 Å². The van der Waals surface area contributed by atoms with Crippen LogP contribution in [0.3, 0.4) is 0 Å². The summed E-state index contributed by atoms with van der Waals surface area (Å²) in [5.74, 6) is -3.73. The molecule has 0 fully saturated rings. The maximum absolute atomic E-state index is 11.7. The summed E-state index contributed by atoms with van der Waals surface area (Å²) in [6.07, 6.45) is -0.157. The van der Waals surface area contributed by atoms with Crippen LogP contribution in [0.15, 0.2) is 18.3 Å². The molecule has 25 heavy (non-hydrogen) atoms. The number of nitrogens with one attached hydrogen (secondary N) is 1. The Morgan fingerprint density at radius 2 is 1.84 bits per heavy atom. The summed E-state index contributed by atoms with van der Waals surface area (Å²) in [6.45, 7) is 4.87. The van der Waals surface area contributed by atoms with Gasteiger partial charge in [0.05, 0.1) is 12.1 Å². The number of amides is 1. The number of carbonyl (C=O) groups excluding carboxylic acids is 1. The van der Waals surface area contributed by atoms with Crippen molar-refractivity contribution in [3.8, 4) is 5.75 Å². The molecule has 1 rings (SSSR count). The van der Waals surface area contributed by atoms with Crippen molar-refractivity contribution in [3.63, 3.8) is 0 Å². The van der Waals surface area contributed by atoms with Crippen molar-refractivity contribution < 1.29 is 34.4 Å². The summed E-state index contributed by atoms with van der Waals surface area (Å²) in [5, 5.41) is 29.9. The first-order chi connectivity index (χ1) is 11.5. The first-order valence-corrected chi connectivity index (χ1v) is 7.57. The zero-order valence-electron chi connectivity index (χ0n) is 14.2. The number of carboxylic acid groups (broad SMARTS) is 2. The van der Waals surface area contributed by atoms with E-state index in [4.69, 9.17) is 4.74 Å². The van der Waals surface area contributed by atoms with Crippen molar-refractivity contribution in [3.05, 3.63) is 24.0 Å². The van der Waals surface area contributed by atoms with Crippen molar-refractivity contribution >= 4 is 18.0 Å². The molecule has 1 aromatic rings. The molecule has 0 aliphatic rings. The predicted octanol–water partition coefficient (Wildman–Crippen LogP) is 1.40. The number of rotatable bonds is 7. The van der Waals surface area contributed by atoms with E-state index < -0.39 is 35.6 Å². The van der Waals surface area contributed by atoms with Crippen LogP contribution in [0.2, 0.25) is 0 Å². The average Bonchev–Trinajstić information content (AvgIpc) is 2.45. The summed E-state index contributed by atoms with van der Waals surface area (Å²) in [4.78, 5) is 38.4. The van der Waals surface area contributed by atoms with E-state index in [-0.39, 0.29) is 18.6 Å². The lowest BCUT2D eigenvalue weighted by atomic mass is 9.94. The van der Waals surface area contributed by atoms with Gasteiger partial charge in [0.15, 0.2) is 0 Å². The lowest BCUT2D eigenvalue weighted by Crippen LogP contribution is -2.45. The van der Waals surface area contributed by atoms with Gasteiger partial charge < -0.3 is 25.4 Å². The zero-order valence-corrected chi connectivity index (χ0v) is 14.2. The highest BCUT2D eigenvalue weighted by Crippen LogP contribution is 2.16. The van der Waals surface area contributed by atoms with Crippen LogP contribution in [-0.2, 0) is 20.7 Å². The molecule has 0 aliphatic heterocycles. The molecule has 0 radical (unpaired) electrons. The van der Waals surface area contributed by atoms with Gasteiger partial charge in [-0.2, -0.15) is 0 Å². The van der Waals surface area contributed by atoms with E-state index in [1.807, 2.05) is 0 Å². The molecule has 0 aromatic carbocycles. The van der Waals surface area contributed by atoms with Gasteiger partial charge in [-0.1, -0.05) is 0 Å². The number of aromatic nitrogens is 1. The first-order valence-electron chi connectivity index (χ1n) is 7.57. The minimum absolute atomic E-state index is 0.0462. The molecular formula is C16H22N2O7. The summed E-state index contributed by atoms with van der Waals surface area (Å²) < 4.78 is 4.99. The molecule has 9 heteroatoms. The Morgan fingerprint density at radius 1 is 1.20 bits per heavy atom. The number of alkyl carbamates (subject to hydrolysis) is 1. The Bertz CT molecular complexity index is 622. The summed E-state index contributed by atoms with van der Waals surface area (Å²) in [7, 11) is 0. The van der Waals surface area contributed by atoms with Crippen LogP contribution in [0.4, 0.5) is 4.79 Å². The second-order valence-electron chi connectivity index (χ2n) is 6.52. The third-order valence-electron chi connectivity index (χ3n) is 3.12. The quantitative estimate of drug-likeness (QED) is 0.574. The number of aromatic hydroxyl groups is 1. The van der Waals surface area contributed by atoms with Crippen molar-refractivity contribution in [2.75, 3.05) is 0 Å². The molecule has 2 atom stereocenters. The Kier molecular flexibility index (Phi) is 6.72. The normalized spacial score (nSPS) is 13.6. The van der Waals surface area contributed by atoms with Crippen LogP contribution < -0.4 is 5.32 Å². The van der Waals surface area contributed by atoms with Gasteiger partial charge in [-0.3, -0.25) is 9.78 Å². The van der Waals surface area contributed by atoms with E-state index in [1.165, 1.54) is 18.3 Å². The monoisotopic (exact) mass is 354 g/mol. The third-order valence-corrected chi connectivity index (χ3v) is 3.12. The largest absolute Gasteiger partial charge is 0.506 e. The van der Waals surface area contributed by atoms with Gasteiger partial charge >= 0.3 is 18.0 Å². The van der Waals surface area contributed by atoms with Gasteiger partial charge in [0.25, 0.3) is 0 Å². The number of ether oxygens (including phenoxy) is 1. The average molecular weight is 354 g/mol. The number of pyridine rings is 1. The molecule has 0 bridgehead atoms. The fraction of sp³-hybridized carbons (Fsp3) is 0.500. The fourth-order valence-corrected chi connectivity index (χ4v) is 2.02. The van der Waals surface area contributed by atoms with Crippen LogP contribution >= 0.6 is 0 Å². The molecule has 0 aliphatic carbocycles. The predicted molar refractivity (Wildman–Crippen MR) is 86.1 cm³/mol. The number of aliphatic carboxylic acids is 2. The minimum Gasteiger partial charge on any atom is -0.506 e. The van der Waals surface area contributed by atoms with Crippen molar-refractivity contribution in [1.29, 1.82) is 0 Å². The second-order valence-corrected chi connectivity index (χ2v) is 6.52. The molecule has 0 saturated carbocycles. The maximum atomic E-state index is 11.7. The highest BCUT2D eigenvalue weighted by atomic mass is 16.6. The number of carbonyl (C=O) groups is 3. The van der Waals surface area contributed by atoms with E-state index in [9.17, 15) is 29.7 Å². The van der Waals surface area contributed by atoms with Crippen LogP contribution in [0.25, 0.3) is 0 Å². The Hall–Kier alpha value is -2.84. The molecule has 9 nitrogen and oxygen atoms in total. The molecule has 0 saturated heterocycles. The van der Waals surface area contributed by atoms with Crippen LogP contribution in [0.1, 0.15) is 32.9 Å². The lowest BCUT2D eigenvalue weighted by Gasteiger charge is -2.23. The van der Waals surface area contributed by atoms with Gasteiger partial charge in [-0.25, -0.2) is 9.59 Å². The summed E-state index contributed by atoms with van der Waals surface area (Å²) in [5.41, 5.74) is -0.429. The van der Waals surface area contributed by atoms with E-state index in [1.54, 1.807) is 20.8 Å². The maximum Gasteiger partial charge on any atom is 0.408 e. The zero-order chi connectivity index (χ0) is 19.2. The molecule has 0 spiro atoms. The molecule has 4 N–H and O–H groups in total. The van der Waals surface area contributed by atoms with E-state index in [0.29, 0.717) is 5.69 Å². The van der Waals surface area contributed by atoms with Gasteiger partial charge in [0.1, 0.15) is 17.4 Å². The Morgan fingerprint density at radius 3 is 2.28 bits per heavy atom. The van der Waals surface area contributed by atoms with Crippen LogP contribution in [0, 0.1) is 5.92 Å². The fourth-order valence-electron chi connectivity index (χ4n) is 2.02. The number of hydrogen-bond acceptors (Lipinski definition) is 6. The second kappa shape index (κ2) is 8.32. The smallest absolute Gasteiger partial charge is 0.408 e. The highest BCUT2D eigenvalue weighted by molar-refractivity contribution is 5.81. The number of carboxylic acids is 2. The van der Waals surface area contributed by atoms with Crippen LogP contribution in [-0.4, -0.2) is 50.0 Å². The summed E-state index contributed by atoms with van der Waals surface area (Å²) in [6, 6.07) is 1.38. The van der Waals surface area contributed by atoms with Crippen LogP contribution in [0.5, 0.6) is 5.75 Å². The molecular weight excluding hydrogens is 332 g/mol. The minimum atomic E-state index is -1.42. The van der Waals surface area contributed by atoms with E-state index in [2.05, 4.69) is 10.3 Å². The van der Waals surface area contributed by atoms with Gasteiger partial charge in [-0.15, -0.1) is 0 Å². The van der Waals surface area contributed by atoms with E-state index >= 15 is 0 Å². The van der Waals surface area contributed by atoms with Gasteiger partial charge in [0, 0.05) is 12.1 Å². The third kappa shape index (κ3) is 7.51. The van der Waals surface area contributed by atoms with Crippen molar-refractivity contribution in [2.24, 2.45) is 5.92 Å². The highest BCUT2D eigenvalue weighted by Gasteiger charge is 2.30. The molecule has 1 amide bonds. The van der Waals surface area contributed by atoms with Gasteiger partial charge in [-0.05, 0) is 39.3 Å². The molecule has 1 unspecified atom stereocenters. The number of hydrogen-bond donors (Lipinski definition) is 4. The van der Waals surface area contributed by atoms with Crippen molar-refractivity contribution in [2.45, 2.75) is 45.3 Å². The molecule has 138 valence electrons. The first kappa shape index (κ1) is 20.2. The molecule has 1 heterocycles. The van der Waals surface area contributed by atoms with Gasteiger partial charge in [0.2, 0.25) is 0 Å². The SMILES string of the molecule is CC(C)(C)OC(=O)N[C@H](CC(Cc1ccc(O)cn1)C(=O)O)C(=O)O. The Balaban J connectivity index is 2.80. The Labute approximate surface area is 144 Å². The standard InChI is InChI=1S/C16H22N2O7/c1-16(2,3)25-15(24)18-12(14(22)23)7-9(13(20)21)6-10-4-5-11(19)8-17-10/h4-5,8-9,12,19H,6-7H2,1-3H3,(H,18,24)(H,20,21)(H,22,23)/t9?,12-/m1/s1. The van der Waals surface area contributed by atoms with Crippen molar-refractivity contribution in [1.82, 2.24) is 10.3 Å². The summed E-state index contributed by atoms with van der Waals surface area (Å²) >= 11 is 0. The molecule has 1 aromatic heterocycles. The lowest BCUT2D eigenvalue weighted by molar-refractivity contribution is -0.144. The van der Waals surface area contributed by atoms with E-state index in [0.717, 1.165) is 0 Å².